The van der Waals surface area contributed by atoms with Crippen molar-refractivity contribution in [2.24, 2.45) is 5.14 Å². The van der Waals surface area contributed by atoms with Crippen molar-refractivity contribution >= 4 is 15.7 Å². The largest absolute Gasteiger partial charge is 0.492 e. The molecule has 0 atom stereocenters. The van der Waals surface area contributed by atoms with Crippen LogP contribution in [0.4, 0.5) is 5.69 Å². The van der Waals surface area contributed by atoms with Crippen LogP contribution >= 0.6 is 0 Å². The second-order valence-corrected chi connectivity index (χ2v) is 5.87. The second kappa shape index (κ2) is 5.55. The predicted octanol–water partition coefficient (Wildman–Crippen LogP) is 0.165. The van der Waals surface area contributed by atoms with Gasteiger partial charge in [0.05, 0.1) is 4.90 Å². The minimum atomic E-state index is -3.79. The number of nitrogens with two attached hydrogens (primary N) is 2. The zero-order valence-electron chi connectivity index (χ0n) is 10.8. The number of nitrogen functional groups attached to an aromatic ring is 1. The Morgan fingerprint density at radius 1 is 1.33 bits per heavy atom. The number of ether oxygens (including phenoxy) is 1. The summed E-state index contributed by atoms with van der Waals surface area (Å²) in [4.78, 5) is 1.96. The van der Waals surface area contributed by atoms with Crippen LogP contribution in [0, 0.1) is 6.92 Å². The molecule has 0 aliphatic carbocycles. The molecule has 0 fully saturated rings. The van der Waals surface area contributed by atoms with Crippen molar-refractivity contribution in [1.29, 1.82) is 0 Å². The van der Waals surface area contributed by atoms with E-state index in [1.54, 1.807) is 13.0 Å². The van der Waals surface area contributed by atoms with Gasteiger partial charge in [-0.2, -0.15) is 0 Å². The van der Waals surface area contributed by atoms with Crippen LogP contribution in [0.5, 0.6) is 5.75 Å². The third kappa shape index (κ3) is 3.86. The van der Waals surface area contributed by atoms with Crippen molar-refractivity contribution < 1.29 is 13.2 Å². The summed E-state index contributed by atoms with van der Waals surface area (Å²) in [5.74, 6) is 0.445. The number of nitrogens with zero attached hydrogens (tertiary/aromatic N) is 1. The fourth-order valence-corrected chi connectivity index (χ4v) is 2.29. The van der Waals surface area contributed by atoms with Gasteiger partial charge in [0.2, 0.25) is 10.0 Å². The SMILES string of the molecule is Cc1c(OCCN(C)C)cc(N)cc1S(N)(=O)=O. The van der Waals surface area contributed by atoms with Crippen LogP contribution in [0.15, 0.2) is 17.0 Å². The Labute approximate surface area is 108 Å². The van der Waals surface area contributed by atoms with Crippen LogP contribution in [0.25, 0.3) is 0 Å². The van der Waals surface area contributed by atoms with Gasteiger partial charge >= 0.3 is 0 Å². The van der Waals surface area contributed by atoms with Gasteiger partial charge in [-0.05, 0) is 27.1 Å². The summed E-state index contributed by atoms with van der Waals surface area (Å²) in [6.07, 6.45) is 0. The number of sulfonamides is 1. The normalized spacial score (nSPS) is 11.8. The Bertz CT molecular complexity index is 527. The van der Waals surface area contributed by atoms with E-state index in [0.717, 1.165) is 6.54 Å². The summed E-state index contributed by atoms with van der Waals surface area (Å²) in [6, 6.07) is 2.93. The highest BCUT2D eigenvalue weighted by Gasteiger charge is 2.16. The van der Waals surface area contributed by atoms with E-state index in [1.165, 1.54) is 6.07 Å². The van der Waals surface area contributed by atoms with Crippen molar-refractivity contribution in [3.05, 3.63) is 17.7 Å². The Kier molecular flexibility index (Phi) is 4.55. The maximum absolute atomic E-state index is 11.4. The van der Waals surface area contributed by atoms with E-state index in [4.69, 9.17) is 15.6 Å². The zero-order chi connectivity index (χ0) is 13.9. The van der Waals surface area contributed by atoms with E-state index < -0.39 is 10.0 Å². The fourth-order valence-electron chi connectivity index (χ4n) is 1.47. The molecule has 0 bridgehead atoms. The molecule has 0 aliphatic heterocycles. The Morgan fingerprint density at radius 3 is 2.44 bits per heavy atom. The van der Waals surface area contributed by atoms with Gasteiger partial charge in [-0.3, -0.25) is 0 Å². The number of rotatable bonds is 5. The predicted molar refractivity (Wildman–Crippen MR) is 71.0 cm³/mol. The van der Waals surface area contributed by atoms with Crippen LogP contribution in [-0.2, 0) is 10.0 Å². The Hall–Kier alpha value is -1.31. The highest BCUT2D eigenvalue weighted by Crippen LogP contribution is 2.27. The molecule has 4 N–H and O–H groups in total. The molecule has 0 saturated heterocycles. The molecule has 0 aromatic heterocycles. The maximum atomic E-state index is 11.4. The molecule has 18 heavy (non-hydrogen) atoms. The molecule has 0 heterocycles. The number of likely N-dealkylation sites (N-methyl/N-ethyl adjacent to an activating group) is 1. The summed E-state index contributed by atoms with van der Waals surface area (Å²) < 4.78 is 28.3. The molecule has 1 rings (SSSR count). The summed E-state index contributed by atoms with van der Waals surface area (Å²) in [5.41, 5.74) is 6.43. The van der Waals surface area contributed by atoms with Crippen molar-refractivity contribution in [3.8, 4) is 5.75 Å². The topological polar surface area (TPSA) is 98.7 Å². The van der Waals surface area contributed by atoms with Gasteiger partial charge in [0.1, 0.15) is 12.4 Å². The first-order valence-corrected chi connectivity index (χ1v) is 6.97. The van der Waals surface area contributed by atoms with E-state index in [0.29, 0.717) is 23.6 Å². The standard InChI is InChI=1S/C11H19N3O3S/c1-8-10(17-5-4-14(2)3)6-9(12)7-11(8)18(13,15)16/h6-7H,4-5,12H2,1-3H3,(H2,13,15,16). The summed E-state index contributed by atoms with van der Waals surface area (Å²) in [6.45, 7) is 2.81. The molecular weight excluding hydrogens is 254 g/mol. The Balaban J connectivity index is 3.03. The molecule has 0 saturated carbocycles. The average molecular weight is 273 g/mol. The first-order chi connectivity index (χ1) is 8.21. The molecule has 0 aliphatic rings. The maximum Gasteiger partial charge on any atom is 0.238 e. The third-order valence-corrected chi connectivity index (χ3v) is 3.47. The lowest BCUT2D eigenvalue weighted by molar-refractivity contribution is 0.259. The second-order valence-electron chi connectivity index (χ2n) is 4.34. The third-order valence-electron chi connectivity index (χ3n) is 2.44. The molecule has 7 heteroatoms. The summed E-state index contributed by atoms with van der Waals surface area (Å²) >= 11 is 0. The average Bonchev–Trinajstić information content (AvgIpc) is 2.20. The molecule has 1 aromatic carbocycles. The zero-order valence-corrected chi connectivity index (χ0v) is 11.6. The molecule has 1 aromatic rings. The molecule has 0 unspecified atom stereocenters. The summed E-state index contributed by atoms with van der Waals surface area (Å²) in [5, 5.41) is 5.13. The van der Waals surface area contributed by atoms with Crippen molar-refractivity contribution in [2.75, 3.05) is 33.0 Å². The molecule has 0 amide bonds. The number of benzene rings is 1. The monoisotopic (exact) mass is 273 g/mol. The quantitative estimate of drug-likeness (QED) is 0.745. The number of primary sulfonamides is 1. The van der Waals surface area contributed by atoms with Gasteiger partial charge in [-0.25, -0.2) is 13.6 Å². The molecule has 102 valence electrons. The van der Waals surface area contributed by atoms with E-state index in [1.807, 2.05) is 19.0 Å². The van der Waals surface area contributed by atoms with Crippen LogP contribution in [0.3, 0.4) is 0 Å². The van der Waals surface area contributed by atoms with Gasteiger partial charge in [0.25, 0.3) is 0 Å². The van der Waals surface area contributed by atoms with Crippen molar-refractivity contribution in [3.63, 3.8) is 0 Å². The smallest absolute Gasteiger partial charge is 0.238 e. The number of anilines is 1. The van der Waals surface area contributed by atoms with Gasteiger partial charge in [0.15, 0.2) is 0 Å². The minimum absolute atomic E-state index is 0.00218. The summed E-state index contributed by atoms with van der Waals surface area (Å²) in [7, 11) is 0.0537. The fraction of sp³-hybridized carbons (Fsp3) is 0.455. The number of hydrogen-bond donors (Lipinski definition) is 2. The van der Waals surface area contributed by atoms with Gasteiger partial charge in [-0.15, -0.1) is 0 Å². The first-order valence-electron chi connectivity index (χ1n) is 5.42. The van der Waals surface area contributed by atoms with E-state index >= 15 is 0 Å². The van der Waals surface area contributed by atoms with Crippen molar-refractivity contribution in [1.82, 2.24) is 4.90 Å². The first kappa shape index (κ1) is 14.7. The molecule has 6 nitrogen and oxygen atoms in total. The molecule has 0 spiro atoms. The lowest BCUT2D eigenvalue weighted by atomic mass is 10.2. The minimum Gasteiger partial charge on any atom is -0.492 e. The molecule has 0 radical (unpaired) electrons. The Morgan fingerprint density at radius 2 is 1.94 bits per heavy atom. The van der Waals surface area contributed by atoms with Crippen LogP contribution in [-0.4, -0.2) is 40.6 Å². The van der Waals surface area contributed by atoms with Gasteiger partial charge < -0.3 is 15.4 Å². The lowest BCUT2D eigenvalue weighted by Crippen LogP contribution is -2.20. The lowest BCUT2D eigenvalue weighted by Gasteiger charge is -2.15. The van der Waals surface area contributed by atoms with Crippen LogP contribution in [0.1, 0.15) is 5.56 Å². The molecular formula is C11H19N3O3S. The highest BCUT2D eigenvalue weighted by atomic mass is 32.2. The van der Waals surface area contributed by atoms with Crippen molar-refractivity contribution in [2.45, 2.75) is 11.8 Å². The highest BCUT2D eigenvalue weighted by molar-refractivity contribution is 7.89. The van der Waals surface area contributed by atoms with Crippen LogP contribution in [0.2, 0.25) is 0 Å². The van der Waals surface area contributed by atoms with Gasteiger partial charge in [0, 0.05) is 23.9 Å². The van der Waals surface area contributed by atoms with Crippen LogP contribution < -0.4 is 15.6 Å². The van der Waals surface area contributed by atoms with E-state index in [9.17, 15) is 8.42 Å². The van der Waals surface area contributed by atoms with Gasteiger partial charge in [-0.1, -0.05) is 0 Å². The van der Waals surface area contributed by atoms with E-state index in [-0.39, 0.29) is 4.90 Å². The van der Waals surface area contributed by atoms with E-state index in [2.05, 4.69) is 0 Å². The number of hydrogen-bond acceptors (Lipinski definition) is 5.